The number of imidazole rings is 1. The maximum absolute atomic E-state index is 11.1. The highest BCUT2D eigenvalue weighted by Crippen LogP contribution is 1.91. The lowest BCUT2D eigenvalue weighted by molar-refractivity contribution is -0.121. The summed E-state index contributed by atoms with van der Waals surface area (Å²) in [7, 11) is 0. The largest absolute Gasteiger partial charge is 0.356 e. The first-order valence-electron chi connectivity index (χ1n) is 4.77. The van der Waals surface area contributed by atoms with Crippen LogP contribution in [-0.4, -0.2) is 29.0 Å². The predicted octanol–water partition coefficient (Wildman–Crippen LogP) is -0.193. The van der Waals surface area contributed by atoms with Crippen LogP contribution < -0.4 is 11.1 Å². The Balaban J connectivity index is 2.06. The highest BCUT2D eigenvalue weighted by atomic mass is 16.1. The molecule has 1 heterocycles. The number of aromatic amines is 1. The minimum Gasteiger partial charge on any atom is -0.356 e. The van der Waals surface area contributed by atoms with Crippen molar-refractivity contribution >= 4 is 5.91 Å². The van der Waals surface area contributed by atoms with E-state index in [1.165, 1.54) is 0 Å². The Morgan fingerprint density at radius 1 is 1.64 bits per heavy atom. The molecule has 0 aromatic carbocycles. The fraction of sp³-hybridized carbons (Fsp3) is 0.556. The van der Waals surface area contributed by atoms with Crippen molar-refractivity contribution < 1.29 is 4.79 Å². The summed E-state index contributed by atoms with van der Waals surface area (Å²) < 4.78 is 0. The fourth-order valence-electron chi connectivity index (χ4n) is 1.11. The minimum absolute atomic E-state index is 0.0611. The zero-order chi connectivity index (χ0) is 10.2. The molecule has 78 valence electrons. The van der Waals surface area contributed by atoms with Gasteiger partial charge in [0.25, 0.3) is 0 Å². The zero-order valence-corrected chi connectivity index (χ0v) is 8.12. The molecule has 0 aliphatic heterocycles. The second-order valence-corrected chi connectivity index (χ2v) is 3.05. The first kappa shape index (κ1) is 10.7. The Morgan fingerprint density at radius 2 is 2.50 bits per heavy atom. The van der Waals surface area contributed by atoms with E-state index in [0.29, 0.717) is 19.5 Å². The molecular weight excluding hydrogens is 180 g/mol. The Bertz CT molecular complexity index is 258. The number of amides is 1. The highest BCUT2D eigenvalue weighted by Gasteiger charge is 2.00. The van der Waals surface area contributed by atoms with Crippen molar-refractivity contribution in [3.8, 4) is 0 Å². The molecule has 1 aromatic rings. The van der Waals surface area contributed by atoms with Crippen LogP contribution in [0, 0.1) is 0 Å². The van der Waals surface area contributed by atoms with E-state index in [2.05, 4.69) is 15.3 Å². The van der Waals surface area contributed by atoms with Gasteiger partial charge in [0.1, 0.15) is 0 Å². The van der Waals surface area contributed by atoms with E-state index in [9.17, 15) is 4.79 Å². The molecule has 0 saturated heterocycles. The fourth-order valence-corrected chi connectivity index (χ4v) is 1.11. The van der Waals surface area contributed by atoms with Crippen LogP contribution in [0.2, 0.25) is 0 Å². The topological polar surface area (TPSA) is 83.8 Å². The molecule has 14 heavy (non-hydrogen) atoms. The van der Waals surface area contributed by atoms with Crippen LogP contribution in [0.5, 0.6) is 0 Å². The maximum atomic E-state index is 11.1. The van der Waals surface area contributed by atoms with E-state index in [0.717, 1.165) is 18.5 Å². The number of nitrogens with two attached hydrogens (primary N) is 1. The standard InChI is InChI=1S/C9H16N4O/c10-4-1-2-9(14)12-5-3-8-6-11-7-13-8/h6-7H,1-5,10H2,(H,11,13)(H,12,14). The molecule has 4 N–H and O–H groups in total. The summed E-state index contributed by atoms with van der Waals surface area (Å²) >= 11 is 0. The van der Waals surface area contributed by atoms with Crippen molar-refractivity contribution in [1.82, 2.24) is 15.3 Å². The van der Waals surface area contributed by atoms with Gasteiger partial charge in [-0.1, -0.05) is 0 Å². The van der Waals surface area contributed by atoms with E-state index in [4.69, 9.17) is 5.73 Å². The molecule has 1 amide bonds. The number of hydrogen-bond acceptors (Lipinski definition) is 3. The SMILES string of the molecule is NCCCC(=O)NCCc1c[nH]cn1. The van der Waals surface area contributed by atoms with Crippen LogP contribution in [0.25, 0.3) is 0 Å². The average Bonchev–Trinajstić information content (AvgIpc) is 2.67. The van der Waals surface area contributed by atoms with Gasteiger partial charge in [0.05, 0.1) is 12.0 Å². The number of nitrogens with zero attached hydrogens (tertiary/aromatic N) is 1. The second kappa shape index (κ2) is 6.15. The van der Waals surface area contributed by atoms with Crippen LogP contribution in [-0.2, 0) is 11.2 Å². The molecule has 0 radical (unpaired) electrons. The predicted molar refractivity (Wildman–Crippen MR) is 53.6 cm³/mol. The summed E-state index contributed by atoms with van der Waals surface area (Å²) in [4.78, 5) is 18.0. The molecule has 0 aliphatic carbocycles. The normalized spacial score (nSPS) is 10.1. The average molecular weight is 196 g/mol. The van der Waals surface area contributed by atoms with Crippen LogP contribution in [0.3, 0.4) is 0 Å². The van der Waals surface area contributed by atoms with E-state index in [-0.39, 0.29) is 5.91 Å². The number of hydrogen-bond donors (Lipinski definition) is 3. The van der Waals surface area contributed by atoms with Gasteiger partial charge in [0.15, 0.2) is 0 Å². The summed E-state index contributed by atoms with van der Waals surface area (Å²) in [6.45, 7) is 1.20. The minimum atomic E-state index is 0.0611. The molecule has 0 bridgehead atoms. The summed E-state index contributed by atoms with van der Waals surface area (Å²) in [5.74, 6) is 0.0611. The smallest absolute Gasteiger partial charge is 0.220 e. The van der Waals surface area contributed by atoms with Crippen molar-refractivity contribution in [3.63, 3.8) is 0 Å². The Labute approximate surface area is 83.1 Å². The number of carbonyl (C=O) groups is 1. The molecule has 5 nitrogen and oxygen atoms in total. The number of carbonyl (C=O) groups excluding carboxylic acids is 1. The Hall–Kier alpha value is -1.36. The molecule has 0 spiro atoms. The summed E-state index contributed by atoms with van der Waals surface area (Å²) in [6, 6.07) is 0. The second-order valence-electron chi connectivity index (χ2n) is 3.05. The van der Waals surface area contributed by atoms with Crippen molar-refractivity contribution in [1.29, 1.82) is 0 Å². The van der Waals surface area contributed by atoms with Crippen molar-refractivity contribution in [2.24, 2.45) is 5.73 Å². The van der Waals surface area contributed by atoms with Crippen LogP contribution in [0.15, 0.2) is 12.5 Å². The van der Waals surface area contributed by atoms with Crippen LogP contribution in [0.4, 0.5) is 0 Å². The summed E-state index contributed by atoms with van der Waals surface area (Å²) in [6.07, 6.45) is 5.47. The van der Waals surface area contributed by atoms with E-state index in [1.54, 1.807) is 6.33 Å². The maximum Gasteiger partial charge on any atom is 0.220 e. The van der Waals surface area contributed by atoms with Gasteiger partial charge in [0, 0.05) is 25.6 Å². The third-order valence-corrected chi connectivity index (χ3v) is 1.87. The van der Waals surface area contributed by atoms with Crippen molar-refractivity contribution in [3.05, 3.63) is 18.2 Å². The molecule has 0 atom stereocenters. The van der Waals surface area contributed by atoms with Gasteiger partial charge in [-0.25, -0.2) is 4.98 Å². The molecule has 0 saturated carbocycles. The molecular formula is C9H16N4O. The van der Waals surface area contributed by atoms with Gasteiger partial charge in [-0.3, -0.25) is 4.79 Å². The molecule has 1 aromatic heterocycles. The monoisotopic (exact) mass is 196 g/mol. The third kappa shape index (κ3) is 4.04. The summed E-state index contributed by atoms with van der Waals surface area (Å²) in [5.41, 5.74) is 6.25. The van der Waals surface area contributed by atoms with E-state index < -0.39 is 0 Å². The molecule has 0 unspecified atom stereocenters. The van der Waals surface area contributed by atoms with Gasteiger partial charge in [0.2, 0.25) is 5.91 Å². The lowest BCUT2D eigenvalue weighted by atomic mass is 10.3. The number of rotatable bonds is 6. The van der Waals surface area contributed by atoms with Crippen molar-refractivity contribution in [2.75, 3.05) is 13.1 Å². The van der Waals surface area contributed by atoms with Gasteiger partial charge in [-0.05, 0) is 13.0 Å². The quantitative estimate of drug-likeness (QED) is 0.589. The van der Waals surface area contributed by atoms with Gasteiger partial charge in [-0.15, -0.1) is 0 Å². The molecule has 1 rings (SSSR count). The van der Waals surface area contributed by atoms with Crippen LogP contribution >= 0.6 is 0 Å². The molecule has 5 heteroatoms. The zero-order valence-electron chi connectivity index (χ0n) is 8.12. The summed E-state index contributed by atoms with van der Waals surface area (Å²) in [5, 5.41) is 2.81. The van der Waals surface area contributed by atoms with E-state index in [1.807, 2.05) is 6.20 Å². The van der Waals surface area contributed by atoms with Gasteiger partial charge >= 0.3 is 0 Å². The molecule has 0 fully saturated rings. The van der Waals surface area contributed by atoms with Gasteiger partial charge in [-0.2, -0.15) is 0 Å². The van der Waals surface area contributed by atoms with Gasteiger partial charge < -0.3 is 16.0 Å². The first-order chi connectivity index (χ1) is 6.83. The first-order valence-corrected chi connectivity index (χ1v) is 4.77. The number of aromatic nitrogens is 2. The van der Waals surface area contributed by atoms with Crippen LogP contribution in [0.1, 0.15) is 18.5 Å². The third-order valence-electron chi connectivity index (χ3n) is 1.87. The van der Waals surface area contributed by atoms with Crippen molar-refractivity contribution in [2.45, 2.75) is 19.3 Å². The molecule has 0 aliphatic rings. The Kier molecular flexibility index (Phi) is 4.71. The highest BCUT2D eigenvalue weighted by molar-refractivity contribution is 5.75. The number of nitrogens with one attached hydrogen (secondary N) is 2. The van der Waals surface area contributed by atoms with E-state index >= 15 is 0 Å². The number of H-pyrrole nitrogens is 1. The Morgan fingerprint density at radius 3 is 3.14 bits per heavy atom. The lowest BCUT2D eigenvalue weighted by Crippen LogP contribution is -2.26. The lowest BCUT2D eigenvalue weighted by Gasteiger charge is -2.02.